The molecule has 1 aromatic carbocycles. The van der Waals surface area contributed by atoms with E-state index < -0.39 is 0 Å². The number of hydrogen-bond donors (Lipinski definition) is 0. The van der Waals surface area contributed by atoms with Crippen LogP contribution in [-0.2, 0) is 18.3 Å². The topological polar surface area (TPSA) is 67.7 Å². The monoisotopic (exact) mass is 480 g/mol. The van der Waals surface area contributed by atoms with Crippen molar-refractivity contribution in [3.05, 3.63) is 47.8 Å². The molecule has 2 heterocycles. The second-order valence-corrected chi connectivity index (χ2v) is 10.3. The molecule has 0 spiro atoms. The molecule has 4 rings (SSSR count). The van der Waals surface area contributed by atoms with Gasteiger partial charge in [-0.1, -0.05) is 31.4 Å². The molecule has 2 fully saturated rings. The number of aromatic nitrogens is 2. The molecule has 7 nitrogen and oxygen atoms in total. The van der Waals surface area contributed by atoms with E-state index in [1.54, 1.807) is 24.1 Å². The van der Waals surface area contributed by atoms with Gasteiger partial charge in [0.05, 0.1) is 7.11 Å². The fourth-order valence-electron chi connectivity index (χ4n) is 5.82. The first-order valence-electron chi connectivity index (χ1n) is 13.1. The lowest BCUT2D eigenvalue weighted by atomic mass is 9.84. The van der Waals surface area contributed by atoms with E-state index in [1.807, 2.05) is 31.1 Å². The van der Waals surface area contributed by atoms with Crippen LogP contribution in [0.1, 0.15) is 67.4 Å². The van der Waals surface area contributed by atoms with Crippen LogP contribution in [0.25, 0.3) is 0 Å². The largest absolute Gasteiger partial charge is 0.497 e. The summed E-state index contributed by atoms with van der Waals surface area (Å²) in [6.07, 6.45) is 11.3. The van der Waals surface area contributed by atoms with Crippen LogP contribution in [0, 0.1) is 11.8 Å². The van der Waals surface area contributed by atoms with Crippen molar-refractivity contribution < 1.29 is 14.3 Å². The maximum atomic E-state index is 13.3. The Bertz CT molecular complexity index is 990. The first-order valence-corrected chi connectivity index (χ1v) is 13.1. The zero-order valence-electron chi connectivity index (χ0n) is 21.5. The summed E-state index contributed by atoms with van der Waals surface area (Å²) in [4.78, 5) is 30.2. The molecule has 1 saturated heterocycles. The average Bonchev–Trinajstić information content (AvgIpc) is 3.33. The van der Waals surface area contributed by atoms with E-state index in [1.165, 1.54) is 32.1 Å². The van der Waals surface area contributed by atoms with Gasteiger partial charge < -0.3 is 14.5 Å². The molecule has 1 saturated carbocycles. The smallest absolute Gasteiger partial charge is 0.274 e. The van der Waals surface area contributed by atoms with E-state index in [0.717, 1.165) is 43.7 Å². The Labute approximate surface area is 209 Å². The van der Waals surface area contributed by atoms with Gasteiger partial charge in [-0.05, 0) is 67.7 Å². The Balaban J connectivity index is 1.44. The van der Waals surface area contributed by atoms with Gasteiger partial charge in [0.25, 0.3) is 5.91 Å². The van der Waals surface area contributed by atoms with E-state index in [4.69, 9.17) is 4.74 Å². The number of likely N-dealkylation sites (N-methyl/N-ethyl adjacent to an activating group) is 1. The lowest BCUT2D eigenvalue weighted by Crippen LogP contribution is -2.48. The summed E-state index contributed by atoms with van der Waals surface area (Å²) in [5.74, 6) is 1.96. The number of piperidine rings is 1. The van der Waals surface area contributed by atoms with Crippen molar-refractivity contribution >= 4 is 11.8 Å². The Hall–Kier alpha value is -2.83. The van der Waals surface area contributed by atoms with Crippen molar-refractivity contribution in [3.63, 3.8) is 0 Å². The Kier molecular flexibility index (Phi) is 8.47. The van der Waals surface area contributed by atoms with E-state index in [2.05, 4.69) is 22.1 Å². The third-order valence-corrected chi connectivity index (χ3v) is 7.95. The van der Waals surface area contributed by atoms with Gasteiger partial charge in [0.1, 0.15) is 11.4 Å². The van der Waals surface area contributed by atoms with Crippen LogP contribution in [0.2, 0.25) is 0 Å². The molecule has 0 bridgehead atoms. The van der Waals surface area contributed by atoms with E-state index in [0.29, 0.717) is 29.9 Å². The summed E-state index contributed by atoms with van der Waals surface area (Å²) in [5, 5.41) is 4.34. The SMILES string of the molecule is COc1cccc(C[C@@H](C2CCN(C(=O)CC3CCCCC3)CC2)N(C)C(=O)c2ccn(C)n2)c1. The fourth-order valence-corrected chi connectivity index (χ4v) is 5.82. The molecule has 1 aliphatic heterocycles. The average molecular weight is 481 g/mol. The number of rotatable bonds is 8. The minimum absolute atomic E-state index is 0.0206. The number of nitrogens with zero attached hydrogens (tertiary/aromatic N) is 4. The molecular weight excluding hydrogens is 440 g/mol. The fraction of sp³-hybridized carbons (Fsp3) is 0.607. The number of aryl methyl sites for hydroxylation is 1. The van der Waals surface area contributed by atoms with Crippen molar-refractivity contribution in [1.82, 2.24) is 19.6 Å². The lowest BCUT2D eigenvalue weighted by molar-refractivity contribution is -0.134. The van der Waals surface area contributed by atoms with Gasteiger partial charge in [-0.25, -0.2) is 0 Å². The van der Waals surface area contributed by atoms with E-state index in [9.17, 15) is 9.59 Å². The number of carbonyl (C=O) groups is 2. The molecular formula is C28H40N4O3. The van der Waals surface area contributed by atoms with Gasteiger partial charge in [0, 0.05) is 45.8 Å². The van der Waals surface area contributed by atoms with Crippen LogP contribution in [-0.4, -0.2) is 64.7 Å². The van der Waals surface area contributed by atoms with Crippen LogP contribution in [0.4, 0.5) is 0 Å². The number of ether oxygens (including phenoxy) is 1. The summed E-state index contributed by atoms with van der Waals surface area (Å²) in [7, 11) is 5.39. The highest BCUT2D eigenvalue weighted by molar-refractivity contribution is 5.92. The van der Waals surface area contributed by atoms with Gasteiger partial charge in [0.15, 0.2) is 0 Å². The highest BCUT2D eigenvalue weighted by atomic mass is 16.5. The number of carbonyl (C=O) groups excluding carboxylic acids is 2. The van der Waals surface area contributed by atoms with E-state index >= 15 is 0 Å². The zero-order chi connectivity index (χ0) is 24.8. The maximum Gasteiger partial charge on any atom is 0.274 e. The third kappa shape index (κ3) is 6.44. The summed E-state index contributed by atoms with van der Waals surface area (Å²) in [6.45, 7) is 1.55. The predicted octanol–water partition coefficient (Wildman–Crippen LogP) is 4.32. The minimum Gasteiger partial charge on any atom is -0.497 e. The number of benzene rings is 1. The molecule has 0 N–H and O–H groups in total. The van der Waals surface area contributed by atoms with Gasteiger partial charge in [-0.3, -0.25) is 14.3 Å². The number of likely N-dealkylation sites (tertiary alicyclic amines) is 1. The van der Waals surface area contributed by atoms with Crippen molar-refractivity contribution in [2.24, 2.45) is 18.9 Å². The quantitative estimate of drug-likeness (QED) is 0.564. The molecule has 0 unspecified atom stereocenters. The number of hydrogen-bond acceptors (Lipinski definition) is 4. The molecule has 1 atom stereocenters. The summed E-state index contributed by atoms with van der Waals surface area (Å²) in [5.41, 5.74) is 1.61. The highest BCUT2D eigenvalue weighted by Gasteiger charge is 2.34. The predicted molar refractivity (Wildman–Crippen MR) is 136 cm³/mol. The minimum atomic E-state index is -0.0608. The van der Waals surface area contributed by atoms with E-state index in [-0.39, 0.29) is 11.9 Å². The number of methoxy groups -OCH3 is 1. The van der Waals surface area contributed by atoms with Crippen LogP contribution >= 0.6 is 0 Å². The normalized spacial score (nSPS) is 18.3. The standard InChI is InChI=1S/C28H40N4O3/c1-30-15-14-25(29-30)28(34)31(2)26(19-22-10-7-11-24(18-22)35-3)23-12-16-32(17-13-23)27(33)20-21-8-5-4-6-9-21/h7,10-11,14-15,18,21,23,26H,4-6,8-9,12-13,16-17,19-20H2,1-3H3/t26-/m0/s1. The molecule has 1 aromatic heterocycles. The molecule has 2 amide bonds. The summed E-state index contributed by atoms with van der Waals surface area (Å²) < 4.78 is 7.09. The maximum absolute atomic E-state index is 13.3. The van der Waals surface area contributed by atoms with Gasteiger partial charge in [-0.2, -0.15) is 5.10 Å². The lowest BCUT2D eigenvalue weighted by Gasteiger charge is -2.40. The first-order chi connectivity index (χ1) is 16.9. The van der Waals surface area contributed by atoms with Gasteiger partial charge in [-0.15, -0.1) is 0 Å². The summed E-state index contributed by atoms with van der Waals surface area (Å²) in [6, 6.07) is 9.88. The molecule has 35 heavy (non-hydrogen) atoms. The van der Waals surface area contributed by atoms with Crippen molar-refractivity contribution in [3.8, 4) is 5.75 Å². The zero-order valence-corrected chi connectivity index (χ0v) is 21.5. The van der Waals surface area contributed by atoms with Gasteiger partial charge >= 0.3 is 0 Å². The Morgan fingerprint density at radius 1 is 1.11 bits per heavy atom. The van der Waals surface area contributed by atoms with Crippen LogP contribution in [0.5, 0.6) is 5.75 Å². The second-order valence-electron chi connectivity index (χ2n) is 10.3. The molecule has 0 radical (unpaired) electrons. The molecule has 2 aromatic rings. The van der Waals surface area contributed by atoms with Crippen LogP contribution in [0.3, 0.4) is 0 Å². The molecule has 1 aliphatic carbocycles. The van der Waals surface area contributed by atoms with Crippen molar-refractivity contribution in [2.45, 2.75) is 63.8 Å². The number of amides is 2. The molecule has 7 heteroatoms. The van der Waals surface area contributed by atoms with Crippen LogP contribution < -0.4 is 4.74 Å². The Morgan fingerprint density at radius 3 is 2.51 bits per heavy atom. The summed E-state index contributed by atoms with van der Waals surface area (Å²) >= 11 is 0. The highest BCUT2D eigenvalue weighted by Crippen LogP contribution is 2.30. The molecule has 2 aliphatic rings. The van der Waals surface area contributed by atoms with Crippen LogP contribution in [0.15, 0.2) is 36.5 Å². The third-order valence-electron chi connectivity index (χ3n) is 7.95. The first kappa shape index (κ1) is 25.3. The van der Waals surface area contributed by atoms with Crippen molar-refractivity contribution in [2.75, 3.05) is 27.2 Å². The Morgan fingerprint density at radius 2 is 1.86 bits per heavy atom. The van der Waals surface area contributed by atoms with Crippen molar-refractivity contribution in [1.29, 1.82) is 0 Å². The second kappa shape index (κ2) is 11.7. The molecule has 190 valence electrons. The van der Waals surface area contributed by atoms with Gasteiger partial charge in [0.2, 0.25) is 5.91 Å².